The molecule has 2 heterocycles. The highest BCUT2D eigenvalue weighted by atomic mass is 16.5. The lowest BCUT2D eigenvalue weighted by Gasteiger charge is -2.33. The molecule has 2 aromatic rings. The Kier molecular flexibility index (Phi) is 7.05. The fourth-order valence-corrected chi connectivity index (χ4v) is 5.42. The van der Waals surface area contributed by atoms with Crippen molar-refractivity contribution < 1.29 is 9.47 Å². The molecular weight excluding hydrogens is 452 g/mol. The van der Waals surface area contributed by atoms with Crippen molar-refractivity contribution in [1.82, 2.24) is 5.32 Å². The molecule has 8 heteroatoms. The molecule has 0 spiro atoms. The molecule has 3 aliphatic rings. The van der Waals surface area contributed by atoms with E-state index in [0.29, 0.717) is 23.5 Å². The van der Waals surface area contributed by atoms with Crippen LogP contribution in [0.15, 0.2) is 46.4 Å². The molecule has 1 fully saturated rings. The summed E-state index contributed by atoms with van der Waals surface area (Å²) in [5.74, 6) is 4.03. The van der Waals surface area contributed by atoms with Crippen LogP contribution in [0.3, 0.4) is 0 Å². The number of nitrogens with two attached hydrogens (primary N) is 2. The van der Waals surface area contributed by atoms with Crippen LogP contribution in [0.1, 0.15) is 45.1 Å². The van der Waals surface area contributed by atoms with Crippen molar-refractivity contribution >= 4 is 28.7 Å². The summed E-state index contributed by atoms with van der Waals surface area (Å²) in [6.45, 7) is 6.72. The highest BCUT2D eigenvalue weighted by Gasteiger charge is 2.24. The predicted octanol–water partition coefficient (Wildman–Crippen LogP) is 4.26. The monoisotopic (exact) mass is 490 g/mol. The molecule has 8 nitrogen and oxygen atoms in total. The fraction of sp³-hybridized carbons (Fsp3) is 0.500. The summed E-state index contributed by atoms with van der Waals surface area (Å²) in [7, 11) is 2.17. The molecule has 0 saturated heterocycles. The number of anilines is 1. The molecule has 0 radical (unpaired) electrons. The first-order chi connectivity index (χ1) is 17.4. The molecule has 5 N–H and O–H groups in total. The van der Waals surface area contributed by atoms with Crippen molar-refractivity contribution in [3.05, 3.63) is 42.0 Å². The maximum Gasteiger partial charge on any atom is 0.153 e. The van der Waals surface area contributed by atoms with Crippen LogP contribution in [0.25, 0.3) is 0 Å². The fourth-order valence-electron chi connectivity index (χ4n) is 5.42. The molecule has 4 atom stereocenters. The molecule has 2 aliphatic heterocycles. The standard InChI is InChI=1S/C28H38N6O2/c1-17-27(29)32-23-12-20(7-9-25(23)35-17)15-31-14-19-5-4-6-21(11-19)16-34(3)22-8-10-26-24(13-22)33-28(30)18(2)36-26/h7-10,12-13,17-19,21,31H,4-6,11,14-16H2,1-3H3,(H2,29,32)(H2,30,33). The Morgan fingerprint density at radius 2 is 1.56 bits per heavy atom. The number of rotatable bonds is 7. The zero-order chi connectivity index (χ0) is 25.2. The number of ether oxygens (including phenoxy) is 2. The third-order valence-corrected chi connectivity index (χ3v) is 7.53. The molecular formula is C28H38N6O2. The number of hydrogen-bond acceptors (Lipinski definition) is 8. The van der Waals surface area contributed by atoms with E-state index in [2.05, 4.69) is 51.5 Å². The zero-order valence-corrected chi connectivity index (χ0v) is 21.5. The minimum Gasteiger partial charge on any atom is -0.481 e. The Labute approximate surface area is 213 Å². The van der Waals surface area contributed by atoms with E-state index in [9.17, 15) is 0 Å². The minimum atomic E-state index is -0.175. The number of nitrogens with zero attached hydrogens (tertiary/aromatic N) is 3. The summed E-state index contributed by atoms with van der Waals surface area (Å²) in [5, 5.41) is 3.67. The maximum absolute atomic E-state index is 5.99. The van der Waals surface area contributed by atoms with E-state index in [4.69, 9.17) is 20.9 Å². The third-order valence-electron chi connectivity index (χ3n) is 7.53. The molecule has 4 unspecified atom stereocenters. The van der Waals surface area contributed by atoms with Crippen LogP contribution in [-0.2, 0) is 6.54 Å². The lowest BCUT2D eigenvalue weighted by atomic mass is 9.81. The van der Waals surface area contributed by atoms with Gasteiger partial charge >= 0.3 is 0 Å². The number of hydrogen-bond donors (Lipinski definition) is 3. The third kappa shape index (κ3) is 5.43. The van der Waals surface area contributed by atoms with E-state index in [1.54, 1.807) is 0 Å². The van der Waals surface area contributed by atoms with Gasteiger partial charge in [-0.05, 0) is 87.4 Å². The summed E-state index contributed by atoms with van der Waals surface area (Å²) in [4.78, 5) is 11.4. The molecule has 1 saturated carbocycles. The van der Waals surface area contributed by atoms with Crippen molar-refractivity contribution in [2.75, 3.05) is 25.0 Å². The molecule has 0 bridgehead atoms. The van der Waals surface area contributed by atoms with Crippen LogP contribution in [0.5, 0.6) is 11.5 Å². The second-order valence-corrected chi connectivity index (χ2v) is 10.5. The Morgan fingerprint density at radius 1 is 0.917 bits per heavy atom. The molecule has 1 aliphatic carbocycles. The van der Waals surface area contributed by atoms with Crippen molar-refractivity contribution in [1.29, 1.82) is 0 Å². The second-order valence-electron chi connectivity index (χ2n) is 10.5. The van der Waals surface area contributed by atoms with Gasteiger partial charge in [-0.2, -0.15) is 0 Å². The van der Waals surface area contributed by atoms with E-state index in [-0.39, 0.29) is 12.2 Å². The molecule has 0 amide bonds. The predicted molar refractivity (Wildman–Crippen MR) is 146 cm³/mol. The Hall–Kier alpha value is -3.26. The van der Waals surface area contributed by atoms with Gasteiger partial charge in [0.2, 0.25) is 0 Å². The van der Waals surface area contributed by atoms with Crippen molar-refractivity contribution in [3.63, 3.8) is 0 Å². The van der Waals surface area contributed by atoms with E-state index in [0.717, 1.165) is 48.2 Å². The lowest BCUT2D eigenvalue weighted by Crippen LogP contribution is -2.33. The summed E-state index contributed by atoms with van der Waals surface area (Å²) >= 11 is 0. The number of nitrogens with one attached hydrogen (secondary N) is 1. The van der Waals surface area contributed by atoms with E-state index in [1.165, 1.54) is 31.2 Å². The van der Waals surface area contributed by atoms with Gasteiger partial charge in [0.25, 0.3) is 0 Å². The van der Waals surface area contributed by atoms with Crippen LogP contribution >= 0.6 is 0 Å². The maximum atomic E-state index is 5.99. The average molecular weight is 491 g/mol. The van der Waals surface area contributed by atoms with Gasteiger partial charge in [-0.3, -0.25) is 0 Å². The van der Waals surface area contributed by atoms with Gasteiger partial charge in [-0.15, -0.1) is 0 Å². The van der Waals surface area contributed by atoms with Gasteiger partial charge in [0.05, 0.1) is 0 Å². The smallest absolute Gasteiger partial charge is 0.153 e. The Balaban J connectivity index is 1.12. The quantitative estimate of drug-likeness (QED) is 0.535. The summed E-state index contributed by atoms with van der Waals surface area (Å²) < 4.78 is 11.7. The SMILES string of the molecule is CC1Oc2ccc(CNCC3CCCC(CN(C)c4ccc5c(c4)N=C(N)C(C)O5)C3)cc2N=C1N. The van der Waals surface area contributed by atoms with Gasteiger partial charge in [-0.1, -0.05) is 12.5 Å². The highest BCUT2D eigenvalue weighted by Crippen LogP contribution is 2.37. The van der Waals surface area contributed by atoms with Crippen LogP contribution in [0.4, 0.5) is 17.1 Å². The second kappa shape index (κ2) is 10.4. The summed E-state index contributed by atoms with van der Waals surface area (Å²) in [6, 6.07) is 12.4. The van der Waals surface area contributed by atoms with Crippen molar-refractivity contribution in [3.8, 4) is 11.5 Å². The normalized spacial score (nSPS) is 25.0. The number of benzene rings is 2. The first kappa shape index (κ1) is 24.4. The molecule has 192 valence electrons. The molecule has 0 aromatic heterocycles. The van der Waals surface area contributed by atoms with E-state index >= 15 is 0 Å². The number of amidine groups is 2. The van der Waals surface area contributed by atoms with Crippen LogP contribution < -0.4 is 31.2 Å². The topological polar surface area (TPSA) is 110 Å². The van der Waals surface area contributed by atoms with Crippen molar-refractivity contribution in [2.24, 2.45) is 33.3 Å². The van der Waals surface area contributed by atoms with Gasteiger partial charge in [0.15, 0.2) is 12.2 Å². The van der Waals surface area contributed by atoms with Gasteiger partial charge < -0.3 is 31.2 Å². The molecule has 5 rings (SSSR count). The van der Waals surface area contributed by atoms with Crippen LogP contribution in [0, 0.1) is 11.8 Å². The van der Waals surface area contributed by atoms with Gasteiger partial charge in [-0.25, -0.2) is 9.98 Å². The highest BCUT2D eigenvalue weighted by molar-refractivity contribution is 5.90. The number of aliphatic imine (C=N–C) groups is 2. The largest absolute Gasteiger partial charge is 0.481 e. The Morgan fingerprint density at radius 3 is 2.28 bits per heavy atom. The average Bonchev–Trinajstić information content (AvgIpc) is 2.85. The molecule has 2 aromatic carbocycles. The Bertz CT molecular complexity index is 1160. The molecule has 36 heavy (non-hydrogen) atoms. The number of fused-ring (bicyclic) bond motifs is 2. The first-order valence-corrected chi connectivity index (χ1v) is 13.1. The zero-order valence-electron chi connectivity index (χ0n) is 21.5. The lowest BCUT2D eigenvalue weighted by molar-refractivity contribution is 0.262. The van der Waals surface area contributed by atoms with Gasteiger partial charge in [0, 0.05) is 25.8 Å². The minimum absolute atomic E-state index is 0.169. The van der Waals surface area contributed by atoms with E-state index < -0.39 is 0 Å². The first-order valence-electron chi connectivity index (χ1n) is 13.1. The summed E-state index contributed by atoms with van der Waals surface area (Å²) in [6.07, 6.45) is 4.74. The van der Waals surface area contributed by atoms with Crippen molar-refractivity contribution in [2.45, 2.75) is 58.3 Å². The van der Waals surface area contributed by atoms with Gasteiger partial charge in [0.1, 0.15) is 34.5 Å². The van der Waals surface area contributed by atoms with Crippen LogP contribution in [-0.4, -0.2) is 44.0 Å². The summed E-state index contributed by atoms with van der Waals surface area (Å²) in [5.41, 5.74) is 15.9. The van der Waals surface area contributed by atoms with E-state index in [1.807, 2.05) is 26.0 Å². The van der Waals surface area contributed by atoms with Crippen LogP contribution in [0.2, 0.25) is 0 Å².